The molecule has 3 nitrogen and oxygen atoms in total. The van der Waals surface area contributed by atoms with Crippen molar-refractivity contribution in [2.75, 3.05) is 14.1 Å². The standard InChI is InChI=1S/C14H23F2N3/c1-5-14(6-2,19(3)4)13(18-17)12-10(15)8-7-9-11(12)16/h7-9,13,18H,5-6,17H2,1-4H3. The van der Waals surface area contributed by atoms with E-state index in [1.807, 2.05) is 32.8 Å². The molecule has 0 heterocycles. The van der Waals surface area contributed by atoms with Crippen LogP contribution >= 0.6 is 0 Å². The quantitative estimate of drug-likeness (QED) is 0.617. The normalized spacial score (nSPS) is 13.9. The van der Waals surface area contributed by atoms with Gasteiger partial charge in [0, 0.05) is 11.1 Å². The Hall–Kier alpha value is -1.04. The highest BCUT2D eigenvalue weighted by Gasteiger charge is 2.40. The molecular formula is C14H23F2N3. The molecule has 0 radical (unpaired) electrons. The van der Waals surface area contributed by atoms with Crippen molar-refractivity contribution in [2.24, 2.45) is 5.84 Å². The average Bonchev–Trinajstić information content (AvgIpc) is 2.37. The van der Waals surface area contributed by atoms with Crippen LogP contribution in [0.15, 0.2) is 18.2 Å². The second-order valence-corrected chi connectivity index (χ2v) is 4.94. The summed E-state index contributed by atoms with van der Waals surface area (Å²) in [6, 6.07) is 3.26. The van der Waals surface area contributed by atoms with Crippen LogP contribution in [0.2, 0.25) is 0 Å². The lowest BCUT2D eigenvalue weighted by Crippen LogP contribution is -2.55. The predicted molar refractivity (Wildman–Crippen MR) is 73.4 cm³/mol. The number of hydrogen-bond acceptors (Lipinski definition) is 3. The summed E-state index contributed by atoms with van der Waals surface area (Å²) in [4.78, 5) is 1.98. The van der Waals surface area contributed by atoms with Crippen molar-refractivity contribution in [3.8, 4) is 0 Å². The first-order chi connectivity index (χ1) is 8.94. The molecule has 0 aliphatic rings. The fourth-order valence-electron chi connectivity index (χ4n) is 2.84. The van der Waals surface area contributed by atoms with Crippen molar-refractivity contribution in [3.05, 3.63) is 35.4 Å². The first-order valence-corrected chi connectivity index (χ1v) is 6.52. The van der Waals surface area contributed by atoms with Gasteiger partial charge in [0.05, 0.1) is 6.04 Å². The topological polar surface area (TPSA) is 41.3 Å². The fraction of sp³-hybridized carbons (Fsp3) is 0.571. The summed E-state index contributed by atoms with van der Waals surface area (Å²) in [6.45, 7) is 3.99. The average molecular weight is 271 g/mol. The van der Waals surface area contributed by atoms with Gasteiger partial charge in [0.1, 0.15) is 11.6 Å². The van der Waals surface area contributed by atoms with Crippen LogP contribution in [0.3, 0.4) is 0 Å². The maximum absolute atomic E-state index is 14.0. The summed E-state index contributed by atoms with van der Waals surface area (Å²) in [5.41, 5.74) is 2.16. The van der Waals surface area contributed by atoms with Crippen LogP contribution in [0.4, 0.5) is 8.78 Å². The van der Waals surface area contributed by atoms with Gasteiger partial charge in [-0.2, -0.15) is 0 Å². The third-order valence-corrected chi connectivity index (χ3v) is 4.11. The van der Waals surface area contributed by atoms with Crippen LogP contribution < -0.4 is 11.3 Å². The van der Waals surface area contributed by atoms with Gasteiger partial charge < -0.3 is 4.90 Å². The zero-order valence-corrected chi connectivity index (χ0v) is 12.0. The molecule has 1 unspecified atom stereocenters. The van der Waals surface area contributed by atoms with Crippen LogP contribution in [-0.4, -0.2) is 24.5 Å². The Morgan fingerprint density at radius 2 is 1.68 bits per heavy atom. The number of rotatable bonds is 6. The molecule has 1 aromatic rings. The van der Waals surface area contributed by atoms with Crippen molar-refractivity contribution in [1.29, 1.82) is 0 Å². The number of nitrogens with one attached hydrogen (secondary N) is 1. The summed E-state index contributed by atoms with van der Waals surface area (Å²) in [5, 5.41) is 0. The summed E-state index contributed by atoms with van der Waals surface area (Å²) in [7, 11) is 3.80. The Labute approximate surface area is 113 Å². The Bertz CT molecular complexity index is 397. The van der Waals surface area contributed by atoms with E-state index in [-0.39, 0.29) is 5.56 Å². The first kappa shape index (κ1) is 16.0. The third-order valence-electron chi connectivity index (χ3n) is 4.11. The molecule has 1 aromatic carbocycles. The highest BCUT2D eigenvalue weighted by Crippen LogP contribution is 2.37. The Balaban J connectivity index is 3.40. The Morgan fingerprint density at radius 1 is 1.21 bits per heavy atom. The summed E-state index contributed by atoms with van der Waals surface area (Å²) in [5.74, 6) is 4.46. The van der Waals surface area contributed by atoms with Crippen molar-refractivity contribution in [2.45, 2.75) is 38.3 Å². The monoisotopic (exact) mass is 271 g/mol. The van der Waals surface area contributed by atoms with E-state index in [0.29, 0.717) is 0 Å². The van der Waals surface area contributed by atoms with Crippen molar-refractivity contribution in [1.82, 2.24) is 10.3 Å². The molecule has 0 aromatic heterocycles. The van der Waals surface area contributed by atoms with E-state index in [2.05, 4.69) is 5.43 Å². The summed E-state index contributed by atoms with van der Waals surface area (Å²) >= 11 is 0. The highest BCUT2D eigenvalue weighted by molar-refractivity contribution is 5.27. The molecular weight excluding hydrogens is 248 g/mol. The van der Waals surface area contributed by atoms with E-state index in [9.17, 15) is 8.78 Å². The minimum atomic E-state index is -0.612. The van der Waals surface area contributed by atoms with Gasteiger partial charge in [0.15, 0.2) is 0 Å². The van der Waals surface area contributed by atoms with E-state index in [0.717, 1.165) is 12.8 Å². The largest absolute Gasteiger partial charge is 0.302 e. The van der Waals surface area contributed by atoms with Gasteiger partial charge in [-0.1, -0.05) is 19.9 Å². The number of hydrogen-bond donors (Lipinski definition) is 2. The second-order valence-electron chi connectivity index (χ2n) is 4.94. The molecule has 0 saturated carbocycles. The third kappa shape index (κ3) is 2.78. The maximum Gasteiger partial charge on any atom is 0.131 e. The van der Waals surface area contributed by atoms with E-state index in [1.165, 1.54) is 18.2 Å². The molecule has 1 rings (SSSR count). The van der Waals surface area contributed by atoms with Crippen molar-refractivity contribution in [3.63, 3.8) is 0 Å². The van der Waals surface area contributed by atoms with Crippen LogP contribution in [0.5, 0.6) is 0 Å². The molecule has 0 spiro atoms. The van der Waals surface area contributed by atoms with Gasteiger partial charge in [-0.05, 0) is 39.1 Å². The number of likely N-dealkylation sites (N-methyl/N-ethyl adjacent to an activating group) is 1. The van der Waals surface area contributed by atoms with Crippen LogP contribution in [0.1, 0.15) is 38.3 Å². The molecule has 3 N–H and O–H groups in total. The van der Waals surface area contributed by atoms with Gasteiger partial charge >= 0.3 is 0 Å². The van der Waals surface area contributed by atoms with Gasteiger partial charge in [0.2, 0.25) is 0 Å². The number of benzene rings is 1. The van der Waals surface area contributed by atoms with Crippen molar-refractivity contribution < 1.29 is 8.78 Å². The van der Waals surface area contributed by atoms with E-state index >= 15 is 0 Å². The molecule has 5 heteroatoms. The predicted octanol–water partition coefficient (Wildman–Crippen LogP) is 2.59. The zero-order valence-electron chi connectivity index (χ0n) is 12.0. The lowest BCUT2D eigenvalue weighted by Gasteiger charge is -2.45. The maximum atomic E-state index is 14.0. The molecule has 0 aliphatic carbocycles. The number of nitrogens with zero attached hydrogens (tertiary/aromatic N) is 1. The van der Waals surface area contributed by atoms with E-state index in [1.54, 1.807) is 0 Å². The van der Waals surface area contributed by atoms with E-state index in [4.69, 9.17) is 5.84 Å². The molecule has 1 atom stereocenters. The molecule has 0 aliphatic heterocycles. The van der Waals surface area contributed by atoms with Gasteiger partial charge in [0.25, 0.3) is 0 Å². The lowest BCUT2D eigenvalue weighted by atomic mass is 9.79. The molecule has 0 saturated heterocycles. The van der Waals surface area contributed by atoms with Crippen LogP contribution in [0, 0.1) is 11.6 Å². The highest BCUT2D eigenvalue weighted by atomic mass is 19.1. The van der Waals surface area contributed by atoms with Gasteiger partial charge in [-0.25, -0.2) is 8.78 Å². The smallest absolute Gasteiger partial charge is 0.131 e. The lowest BCUT2D eigenvalue weighted by molar-refractivity contribution is 0.0847. The molecule has 0 amide bonds. The molecule has 108 valence electrons. The van der Waals surface area contributed by atoms with E-state index < -0.39 is 23.2 Å². The van der Waals surface area contributed by atoms with Crippen LogP contribution in [-0.2, 0) is 0 Å². The fourth-order valence-corrected chi connectivity index (χ4v) is 2.84. The second kappa shape index (κ2) is 6.41. The van der Waals surface area contributed by atoms with Crippen molar-refractivity contribution >= 4 is 0 Å². The number of halogens is 2. The van der Waals surface area contributed by atoms with Gasteiger partial charge in [-0.3, -0.25) is 11.3 Å². The minimum absolute atomic E-state index is 0.00222. The van der Waals surface area contributed by atoms with Crippen LogP contribution in [0.25, 0.3) is 0 Å². The summed E-state index contributed by atoms with van der Waals surface area (Å²) in [6.07, 6.45) is 1.44. The molecule has 19 heavy (non-hydrogen) atoms. The first-order valence-electron chi connectivity index (χ1n) is 6.52. The summed E-state index contributed by atoms with van der Waals surface area (Å²) < 4.78 is 28.0. The SMILES string of the molecule is CCC(CC)(C(NN)c1c(F)cccc1F)N(C)C. The Kier molecular flexibility index (Phi) is 5.40. The zero-order chi connectivity index (χ0) is 14.6. The molecule has 0 fully saturated rings. The minimum Gasteiger partial charge on any atom is -0.302 e. The molecule has 0 bridgehead atoms. The number of nitrogens with two attached hydrogens (primary N) is 1. The Morgan fingerprint density at radius 3 is 2.00 bits per heavy atom. The number of hydrazine groups is 1. The van der Waals surface area contributed by atoms with Gasteiger partial charge in [-0.15, -0.1) is 0 Å².